The van der Waals surface area contributed by atoms with Crippen molar-refractivity contribution in [3.63, 3.8) is 0 Å². The second-order valence-corrected chi connectivity index (χ2v) is 7.61. The van der Waals surface area contributed by atoms with E-state index in [0.29, 0.717) is 16.6 Å². The zero-order valence-electron chi connectivity index (χ0n) is 13.5. The maximum absolute atomic E-state index is 13.3. The molecule has 0 saturated heterocycles. The van der Waals surface area contributed by atoms with E-state index in [0.717, 1.165) is 16.5 Å². The third kappa shape index (κ3) is 2.89. The number of halogens is 1. The van der Waals surface area contributed by atoms with Crippen LogP contribution < -0.4 is 5.14 Å². The fourth-order valence-corrected chi connectivity index (χ4v) is 3.15. The zero-order chi connectivity index (χ0) is 18.5. The van der Waals surface area contributed by atoms with Crippen LogP contribution in [0.4, 0.5) is 4.39 Å². The number of aromatic amines is 1. The van der Waals surface area contributed by atoms with Crippen molar-refractivity contribution in [2.45, 2.75) is 6.42 Å². The first-order chi connectivity index (χ1) is 12.3. The van der Waals surface area contributed by atoms with Crippen molar-refractivity contribution in [2.24, 2.45) is 5.14 Å². The van der Waals surface area contributed by atoms with E-state index in [9.17, 15) is 12.8 Å². The van der Waals surface area contributed by atoms with E-state index in [2.05, 4.69) is 16.5 Å². The molecular weight excluding hydrogens is 357 g/mol. The normalized spacial score (nSPS) is 12.1. The van der Waals surface area contributed by atoms with E-state index >= 15 is 0 Å². The molecule has 26 heavy (non-hydrogen) atoms. The number of nitrogens with two attached hydrogens (primary N) is 1. The highest BCUT2D eigenvalue weighted by atomic mass is 32.2. The van der Waals surface area contributed by atoms with Gasteiger partial charge in [-0.1, -0.05) is 12.6 Å². The second kappa shape index (κ2) is 5.79. The van der Waals surface area contributed by atoms with Gasteiger partial charge in [0.1, 0.15) is 11.3 Å². The molecule has 0 atom stereocenters. The molecular formula is C18H14FN3O3S. The fourth-order valence-electron chi connectivity index (χ4n) is 2.82. The predicted octanol–water partition coefficient (Wildman–Crippen LogP) is 3.46. The van der Waals surface area contributed by atoms with Crippen molar-refractivity contribution >= 4 is 32.0 Å². The van der Waals surface area contributed by atoms with E-state index in [-0.39, 0.29) is 23.0 Å². The van der Waals surface area contributed by atoms with Crippen LogP contribution in [0.5, 0.6) is 0 Å². The van der Waals surface area contributed by atoms with Crippen LogP contribution in [0.25, 0.3) is 33.1 Å². The van der Waals surface area contributed by atoms with Gasteiger partial charge in [-0.25, -0.2) is 22.9 Å². The van der Waals surface area contributed by atoms with Gasteiger partial charge in [0.05, 0.1) is 11.3 Å². The lowest BCUT2D eigenvalue weighted by Crippen LogP contribution is -2.15. The highest BCUT2D eigenvalue weighted by Gasteiger charge is 2.15. The van der Waals surface area contributed by atoms with Gasteiger partial charge in [-0.15, -0.1) is 0 Å². The molecule has 2 aromatic carbocycles. The molecule has 2 heterocycles. The largest absolute Gasteiger partial charge is 0.440 e. The summed E-state index contributed by atoms with van der Waals surface area (Å²) >= 11 is 0. The van der Waals surface area contributed by atoms with Gasteiger partial charge in [0.2, 0.25) is 15.9 Å². The summed E-state index contributed by atoms with van der Waals surface area (Å²) in [6.07, 6.45) is 1.71. The maximum Gasteiger partial charge on any atom is 0.234 e. The van der Waals surface area contributed by atoms with Gasteiger partial charge in [-0.2, -0.15) is 0 Å². The first-order valence-corrected chi connectivity index (χ1v) is 9.23. The standard InChI is InChI=1S/C18H14FN3O3S/c1-10(26(20,23)24)6-18-22-15-5-2-11(7-17(15)25-18)14-9-21-16-8-12(19)3-4-13(14)16/h2-5,7-9,21H,1,6H2,(H2,20,23,24). The molecule has 2 aromatic heterocycles. The molecule has 0 aliphatic heterocycles. The predicted molar refractivity (Wildman–Crippen MR) is 97.2 cm³/mol. The molecule has 0 bridgehead atoms. The van der Waals surface area contributed by atoms with Gasteiger partial charge in [-0.05, 0) is 35.9 Å². The summed E-state index contributed by atoms with van der Waals surface area (Å²) in [7, 11) is -3.84. The molecule has 0 saturated carbocycles. The van der Waals surface area contributed by atoms with Gasteiger partial charge in [0.25, 0.3) is 0 Å². The lowest BCUT2D eigenvalue weighted by atomic mass is 10.0. The summed E-state index contributed by atoms with van der Waals surface area (Å²) in [5, 5.41) is 5.93. The number of nitrogens with one attached hydrogen (secondary N) is 1. The quantitative estimate of drug-likeness (QED) is 0.573. The van der Waals surface area contributed by atoms with Crippen LogP contribution in [0, 0.1) is 5.82 Å². The van der Waals surface area contributed by atoms with Crippen LogP contribution in [0.2, 0.25) is 0 Å². The number of benzene rings is 2. The lowest BCUT2D eigenvalue weighted by molar-refractivity contribution is 0.542. The Morgan fingerprint density at radius 3 is 2.85 bits per heavy atom. The molecule has 8 heteroatoms. The summed E-state index contributed by atoms with van der Waals surface area (Å²) in [4.78, 5) is 7.14. The first-order valence-electron chi connectivity index (χ1n) is 7.68. The minimum atomic E-state index is -3.84. The Bertz CT molecular complexity index is 1270. The number of fused-ring (bicyclic) bond motifs is 2. The highest BCUT2D eigenvalue weighted by Crippen LogP contribution is 2.31. The second-order valence-electron chi connectivity index (χ2n) is 5.94. The van der Waals surface area contributed by atoms with E-state index in [1.165, 1.54) is 12.1 Å². The van der Waals surface area contributed by atoms with Crippen molar-refractivity contribution < 1.29 is 17.2 Å². The van der Waals surface area contributed by atoms with Crippen LogP contribution in [-0.2, 0) is 16.4 Å². The van der Waals surface area contributed by atoms with Gasteiger partial charge < -0.3 is 9.40 Å². The Hall–Kier alpha value is -2.97. The number of oxazole rings is 1. The van der Waals surface area contributed by atoms with Crippen molar-refractivity contribution in [3.05, 3.63) is 65.8 Å². The number of hydrogen-bond acceptors (Lipinski definition) is 4. The minimum Gasteiger partial charge on any atom is -0.440 e. The summed E-state index contributed by atoms with van der Waals surface area (Å²) in [5.74, 6) is -0.0894. The molecule has 0 radical (unpaired) electrons. The third-order valence-electron chi connectivity index (χ3n) is 4.14. The molecule has 0 unspecified atom stereocenters. The molecule has 0 aliphatic rings. The molecule has 4 aromatic rings. The number of rotatable bonds is 4. The van der Waals surface area contributed by atoms with Crippen LogP contribution in [0.1, 0.15) is 5.89 Å². The fraction of sp³-hybridized carbons (Fsp3) is 0.0556. The Balaban J connectivity index is 1.74. The smallest absolute Gasteiger partial charge is 0.234 e. The molecule has 3 N–H and O–H groups in total. The van der Waals surface area contributed by atoms with Crippen molar-refractivity contribution in [2.75, 3.05) is 0 Å². The molecule has 0 amide bonds. The van der Waals surface area contributed by atoms with Crippen molar-refractivity contribution in [1.82, 2.24) is 9.97 Å². The topological polar surface area (TPSA) is 102 Å². The number of aromatic nitrogens is 2. The summed E-state index contributed by atoms with van der Waals surface area (Å²) in [6, 6.07) is 10.0. The average molecular weight is 371 g/mol. The summed E-state index contributed by atoms with van der Waals surface area (Å²) < 4.78 is 41.6. The van der Waals surface area contributed by atoms with Crippen LogP contribution in [0.3, 0.4) is 0 Å². The number of nitrogens with zero attached hydrogens (tertiary/aromatic N) is 1. The Morgan fingerprint density at radius 2 is 2.08 bits per heavy atom. The average Bonchev–Trinajstić information content (AvgIpc) is 3.15. The highest BCUT2D eigenvalue weighted by molar-refractivity contribution is 7.93. The number of hydrogen-bond donors (Lipinski definition) is 2. The van der Waals surface area contributed by atoms with E-state index in [4.69, 9.17) is 9.56 Å². The Labute approximate surface area is 148 Å². The number of allylic oxidation sites excluding steroid dienone is 1. The molecule has 132 valence electrons. The van der Waals surface area contributed by atoms with E-state index in [1.54, 1.807) is 24.4 Å². The molecule has 0 spiro atoms. The summed E-state index contributed by atoms with van der Waals surface area (Å²) in [5.41, 5.74) is 3.56. The summed E-state index contributed by atoms with van der Waals surface area (Å²) in [6.45, 7) is 3.44. The van der Waals surface area contributed by atoms with Gasteiger partial charge in [0.15, 0.2) is 5.58 Å². The number of sulfonamides is 1. The van der Waals surface area contributed by atoms with Crippen molar-refractivity contribution in [1.29, 1.82) is 0 Å². The number of primary sulfonamides is 1. The van der Waals surface area contributed by atoms with Gasteiger partial charge in [0, 0.05) is 22.7 Å². The molecule has 0 aliphatic carbocycles. The van der Waals surface area contributed by atoms with Crippen LogP contribution in [-0.4, -0.2) is 18.4 Å². The van der Waals surface area contributed by atoms with Gasteiger partial charge in [-0.3, -0.25) is 0 Å². The minimum absolute atomic E-state index is 0.0881. The van der Waals surface area contributed by atoms with E-state index in [1.807, 2.05) is 6.07 Å². The lowest BCUT2D eigenvalue weighted by Gasteiger charge is -1.99. The van der Waals surface area contributed by atoms with Crippen molar-refractivity contribution in [3.8, 4) is 11.1 Å². The van der Waals surface area contributed by atoms with Crippen LogP contribution in [0.15, 0.2) is 58.5 Å². The zero-order valence-corrected chi connectivity index (χ0v) is 14.3. The number of H-pyrrole nitrogens is 1. The maximum atomic E-state index is 13.3. The van der Waals surface area contributed by atoms with Crippen LogP contribution >= 0.6 is 0 Å². The molecule has 0 fully saturated rings. The Kier molecular flexibility index (Phi) is 3.67. The Morgan fingerprint density at radius 1 is 1.27 bits per heavy atom. The van der Waals surface area contributed by atoms with Gasteiger partial charge >= 0.3 is 0 Å². The SMILES string of the molecule is C=C(Cc1nc2ccc(-c3c[nH]c4cc(F)ccc34)cc2o1)S(N)(=O)=O. The first kappa shape index (κ1) is 16.5. The molecule has 6 nitrogen and oxygen atoms in total. The van der Waals surface area contributed by atoms with E-state index < -0.39 is 10.0 Å². The third-order valence-corrected chi connectivity index (χ3v) is 5.09. The monoisotopic (exact) mass is 371 g/mol. The molecule has 4 rings (SSSR count).